The Labute approximate surface area is 177 Å². The maximum absolute atomic E-state index is 11.2. The molecule has 30 heavy (non-hydrogen) atoms. The van der Waals surface area contributed by atoms with Crippen molar-refractivity contribution in [2.45, 2.75) is 11.8 Å². The first-order valence-corrected chi connectivity index (χ1v) is 10.0. The zero-order valence-corrected chi connectivity index (χ0v) is 16.9. The van der Waals surface area contributed by atoms with E-state index in [4.69, 9.17) is 0 Å². The lowest BCUT2D eigenvalue weighted by atomic mass is 10.3. The summed E-state index contributed by atoms with van der Waals surface area (Å²) in [4.78, 5) is 21.5. The van der Waals surface area contributed by atoms with Gasteiger partial charge in [0.05, 0.1) is 11.0 Å². The normalized spacial score (nSPS) is 10.6. The number of hydrogen-bond acceptors (Lipinski definition) is 7. The van der Waals surface area contributed by atoms with Gasteiger partial charge in [0.25, 0.3) is 0 Å². The highest BCUT2D eigenvalue weighted by atomic mass is 32.2. The van der Waals surface area contributed by atoms with Gasteiger partial charge in [-0.3, -0.25) is 4.79 Å². The molecule has 0 aliphatic heterocycles. The number of phenols is 1. The second kappa shape index (κ2) is 8.71. The third kappa shape index (κ3) is 4.79. The highest BCUT2D eigenvalue weighted by molar-refractivity contribution is 8.00. The van der Waals surface area contributed by atoms with Crippen molar-refractivity contribution >= 4 is 51.9 Å². The monoisotopic (exact) mass is 417 g/mol. The molecule has 1 amide bonds. The summed E-state index contributed by atoms with van der Waals surface area (Å²) in [5.41, 5.74) is 2.97. The molecule has 4 rings (SSSR count). The molecule has 0 atom stereocenters. The fraction of sp³-hybridized carbons (Fsp3) is 0.0455. The van der Waals surface area contributed by atoms with Gasteiger partial charge >= 0.3 is 0 Å². The molecule has 0 unspecified atom stereocenters. The van der Waals surface area contributed by atoms with Crippen molar-refractivity contribution in [1.82, 2.24) is 9.97 Å². The lowest BCUT2D eigenvalue weighted by Crippen LogP contribution is -2.05. The van der Waals surface area contributed by atoms with Crippen molar-refractivity contribution in [3.8, 4) is 5.75 Å². The predicted octanol–water partition coefficient (Wildman–Crippen LogP) is 5.16. The van der Waals surface area contributed by atoms with Crippen LogP contribution in [0.4, 0.5) is 23.0 Å². The molecule has 0 fully saturated rings. The lowest BCUT2D eigenvalue weighted by Gasteiger charge is -2.13. The summed E-state index contributed by atoms with van der Waals surface area (Å²) in [6, 6.07) is 21.9. The minimum Gasteiger partial charge on any atom is -0.508 e. The first kappa shape index (κ1) is 19.5. The maximum Gasteiger partial charge on any atom is 0.221 e. The zero-order valence-electron chi connectivity index (χ0n) is 16.1. The maximum atomic E-state index is 11.2. The Morgan fingerprint density at radius 2 is 1.57 bits per heavy atom. The number of nitrogens with zero attached hydrogens (tertiary/aromatic N) is 2. The van der Waals surface area contributed by atoms with E-state index in [0.717, 1.165) is 21.6 Å². The van der Waals surface area contributed by atoms with Crippen LogP contribution in [0.25, 0.3) is 11.0 Å². The van der Waals surface area contributed by atoms with E-state index in [1.54, 1.807) is 18.2 Å². The van der Waals surface area contributed by atoms with Gasteiger partial charge in [0.15, 0.2) is 11.6 Å². The third-order valence-corrected chi connectivity index (χ3v) is 4.92. The van der Waals surface area contributed by atoms with Crippen LogP contribution >= 0.6 is 11.9 Å². The first-order valence-electron chi connectivity index (χ1n) is 9.20. The second-order valence-corrected chi connectivity index (χ2v) is 7.37. The number of carbonyl (C=O) groups excluding carboxylic acids is 1. The van der Waals surface area contributed by atoms with Gasteiger partial charge in [-0.05, 0) is 60.5 Å². The number of nitrogens with one attached hydrogen (secondary N) is 3. The summed E-state index contributed by atoms with van der Waals surface area (Å²) in [6.07, 6.45) is 0. The standard InChI is InChI=1S/C22H19N5O2S/c1-14(28)23-15-9-11-18(12-10-15)30-27-22-21(24-16-5-4-6-17(29)13-16)25-19-7-2-3-8-20(19)26-22/h2-13,29H,1H3,(H,23,28)(H,24,25)(H,26,27). The molecule has 4 N–H and O–H groups in total. The van der Waals surface area contributed by atoms with Gasteiger partial charge in [-0.25, -0.2) is 9.97 Å². The molecule has 0 aliphatic carbocycles. The van der Waals surface area contributed by atoms with E-state index >= 15 is 0 Å². The summed E-state index contributed by atoms with van der Waals surface area (Å²) in [5.74, 6) is 1.16. The van der Waals surface area contributed by atoms with Crippen molar-refractivity contribution < 1.29 is 9.90 Å². The molecule has 0 bridgehead atoms. The van der Waals surface area contributed by atoms with E-state index in [9.17, 15) is 9.90 Å². The summed E-state index contributed by atoms with van der Waals surface area (Å²) >= 11 is 1.38. The molecule has 1 heterocycles. The van der Waals surface area contributed by atoms with E-state index < -0.39 is 0 Å². The van der Waals surface area contributed by atoms with Crippen molar-refractivity contribution in [1.29, 1.82) is 0 Å². The van der Waals surface area contributed by atoms with Gasteiger partial charge < -0.3 is 20.5 Å². The first-order chi connectivity index (χ1) is 14.6. The topological polar surface area (TPSA) is 99.2 Å². The SMILES string of the molecule is CC(=O)Nc1ccc(SNc2nc3ccccc3nc2Nc2cccc(O)c2)cc1. The van der Waals surface area contributed by atoms with Gasteiger partial charge in [0.1, 0.15) is 5.75 Å². The Hall–Kier alpha value is -3.78. The molecule has 4 aromatic rings. The fourth-order valence-corrected chi connectivity index (χ4v) is 3.42. The number of aromatic hydroxyl groups is 1. The fourth-order valence-electron chi connectivity index (χ4n) is 2.80. The highest BCUT2D eigenvalue weighted by Gasteiger charge is 2.10. The van der Waals surface area contributed by atoms with Crippen LogP contribution in [0, 0.1) is 0 Å². The minimum atomic E-state index is -0.109. The van der Waals surface area contributed by atoms with Gasteiger partial charge in [-0.2, -0.15) is 0 Å². The number of benzene rings is 3. The third-order valence-electron chi connectivity index (χ3n) is 4.12. The summed E-state index contributed by atoms with van der Waals surface area (Å²) in [5, 5.41) is 15.7. The average Bonchev–Trinajstić information content (AvgIpc) is 2.73. The summed E-state index contributed by atoms with van der Waals surface area (Å²) in [7, 11) is 0. The molecule has 0 saturated carbocycles. The molecule has 0 saturated heterocycles. The smallest absolute Gasteiger partial charge is 0.221 e. The van der Waals surface area contributed by atoms with Crippen molar-refractivity contribution in [3.05, 3.63) is 72.8 Å². The Morgan fingerprint density at radius 1 is 0.867 bits per heavy atom. The van der Waals surface area contributed by atoms with Crippen LogP contribution in [0.15, 0.2) is 77.7 Å². The van der Waals surface area contributed by atoms with Crippen LogP contribution in [0.5, 0.6) is 5.75 Å². The molecular weight excluding hydrogens is 398 g/mol. The van der Waals surface area contributed by atoms with E-state index in [2.05, 4.69) is 25.3 Å². The lowest BCUT2D eigenvalue weighted by molar-refractivity contribution is -0.114. The van der Waals surface area contributed by atoms with Crippen LogP contribution in [-0.4, -0.2) is 21.0 Å². The Kier molecular flexibility index (Phi) is 5.67. The minimum absolute atomic E-state index is 0.109. The largest absolute Gasteiger partial charge is 0.508 e. The van der Waals surface area contributed by atoms with Gasteiger partial charge in [-0.15, -0.1) is 0 Å². The molecule has 7 nitrogen and oxygen atoms in total. The molecule has 0 radical (unpaired) electrons. The number of rotatable bonds is 6. The number of fused-ring (bicyclic) bond motifs is 1. The average molecular weight is 417 g/mol. The van der Waals surface area contributed by atoms with Gasteiger partial charge in [-0.1, -0.05) is 18.2 Å². The zero-order chi connectivity index (χ0) is 20.9. The molecule has 150 valence electrons. The number of para-hydroxylation sites is 2. The number of hydrogen-bond donors (Lipinski definition) is 4. The molecule has 0 aliphatic rings. The molecule has 0 spiro atoms. The van der Waals surface area contributed by atoms with Crippen molar-refractivity contribution in [2.75, 3.05) is 15.4 Å². The second-order valence-electron chi connectivity index (χ2n) is 6.49. The van der Waals surface area contributed by atoms with Crippen LogP contribution < -0.4 is 15.4 Å². The van der Waals surface area contributed by atoms with Crippen LogP contribution in [-0.2, 0) is 4.79 Å². The van der Waals surface area contributed by atoms with E-state index in [-0.39, 0.29) is 11.7 Å². The number of phenolic OH excluding ortho intramolecular Hbond substituents is 1. The van der Waals surface area contributed by atoms with Crippen LogP contribution in [0.2, 0.25) is 0 Å². The van der Waals surface area contributed by atoms with Crippen LogP contribution in [0.3, 0.4) is 0 Å². The quantitative estimate of drug-likeness (QED) is 0.322. The van der Waals surface area contributed by atoms with Crippen LogP contribution in [0.1, 0.15) is 6.92 Å². The number of aromatic nitrogens is 2. The molecule has 1 aromatic heterocycles. The van der Waals surface area contributed by atoms with E-state index in [1.807, 2.05) is 54.6 Å². The Balaban J connectivity index is 1.59. The van der Waals surface area contributed by atoms with Crippen molar-refractivity contribution in [2.24, 2.45) is 0 Å². The number of amides is 1. The number of carbonyl (C=O) groups is 1. The van der Waals surface area contributed by atoms with Gasteiger partial charge in [0, 0.05) is 29.3 Å². The van der Waals surface area contributed by atoms with E-state index in [1.165, 1.54) is 18.9 Å². The molecule has 8 heteroatoms. The number of anilines is 4. The Bertz CT molecular complexity index is 1200. The molecule has 3 aromatic carbocycles. The summed E-state index contributed by atoms with van der Waals surface area (Å²) in [6.45, 7) is 1.48. The predicted molar refractivity (Wildman–Crippen MR) is 121 cm³/mol. The molecular formula is C22H19N5O2S. The Morgan fingerprint density at radius 3 is 2.23 bits per heavy atom. The van der Waals surface area contributed by atoms with Gasteiger partial charge in [0.2, 0.25) is 5.91 Å². The van der Waals surface area contributed by atoms with E-state index in [0.29, 0.717) is 17.3 Å². The summed E-state index contributed by atoms with van der Waals surface area (Å²) < 4.78 is 3.25. The highest BCUT2D eigenvalue weighted by Crippen LogP contribution is 2.30. The van der Waals surface area contributed by atoms with Crippen molar-refractivity contribution in [3.63, 3.8) is 0 Å².